The monoisotopic (exact) mass is 365 g/mol. The lowest BCUT2D eigenvalue weighted by atomic mass is 9.75. The molecule has 0 saturated heterocycles. The molecular weight excluding hydrogens is 326 g/mol. The van der Waals surface area contributed by atoms with Crippen LogP contribution in [0.15, 0.2) is 0 Å². The van der Waals surface area contributed by atoms with Crippen LogP contribution in [0.1, 0.15) is 38.5 Å². The Labute approximate surface area is 148 Å². The predicted octanol–water partition coefficient (Wildman–Crippen LogP) is -6.44. The lowest BCUT2D eigenvalue weighted by Gasteiger charge is -2.55. The maximum atomic E-state index is 6.06. The molecule has 25 heavy (non-hydrogen) atoms. The first-order valence-corrected chi connectivity index (χ1v) is 8.10. The van der Waals surface area contributed by atoms with Crippen LogP contribution in [-0.2, 0) is 0 Å². The smallest absolute Gasteiger partial charge is 0.151 e. The van der Waals surface area contributed by atoms with E-state index in [2.05, 4.69) is 0 Å². The SMILES string of the molecule is NC(CCCCCCC(N)(N)N)C(N)(N)C(N)(N)C(N)(N)C(N)(N)N. The second-order valence-electron chi connectivity index (χ2n) is 7.28. The zero-order chi connectivity index (χ0) is 20.3. The molecule has 152 valence electrons. The van der Waals surface area contributed by atoms with E-state index >= 15 is 0 Å². The van der Waals surface area contributed by atoms with Gasteiger partial charge in [0, 0.05) is 6.04 Å². The van der Waals surface area contributed by atoms with Crippen LogP contribution in [0.3, 0.4) is 0 Å². The molecule has 1 atom stereocenters. The van der Waals surface area contributed by atoms with Crippen LogP contribution in [0, 0.1) is 0 Å². The van der Waals surface area contributed by atoms with Crippen LogP contribution in [-0.4, -0.2) is 34.6 Å². The van der Waals surface area contributed by atoms with E-state index in [1.165, 1.54) is 0 Å². The van der Waals surface area contributed by atoms with Gasteiger partial charge in [-0.3, -0.25) is 17.2 Å². The summed E-state index contributed by atoms with van der Waals surface area (Å²) in [6.45, 7) is 0. The number of rotatable bonds is 11. The molecule has 0 aliphatic heterocycles. The van der Waals surface area contributed by atoms with Gasteiger partial charge in [0.05, 0.1) is 0 Å². The summed E-state index contributed by atoms with van der Waals surface area (Å²) in [7, 11) is 0. The highest BCUT2D eigenvalue weighted by molar-refractivity contribution is 5.20. The van der Waals surface area contributed by atoms with E-state index in [-0.39, 0.29) is 0 Å². The van der Waals surface area contributed by atoms with Crippen molar-refractivity contribution in [2.45, 2.75) is 73.1 Å². The summed E-state index contributed by atoms with van der Waals surface area (Å²) in [5.74, 6) is -3.30. The molecule has 0 aromatic carbocycles. The molecule has 26 N–H and O–H groups in total. The van der Waals surface area contributed by atoms with Crippen LogP contribution in [0.25, 0.3) is 0 Å². The molecule has 0 spiro atoms. The summed E-state index contributed by atoms with van der Waals surface area (Å²) in [4.78, 5) is 0. The second-order valence-corrected chi connectivity index (χ2v) is 7.28. The number of hydrogen-bond acceptors (Lipinski definition) is 13. The first-order valence-electron chi connectivity index (χ1n) is 8.10. The summed E-state index contributed by atoms with van der Waals surface area (Å²) in [6, 6.07) is -0.839. The summed E-state index contributed by atoms with van der Waals surface area (Å²) in [5, 5.41) is 0. The topological polar surface area (TPSA) is 338 Å². The van der Waals surface area contributed by atoms with Crippen molar-refractivity contribution in [1.82, 2.24) is 0 Å². The Kier molecular flexibility index (Phi) is 7.85. The summed E-state index contributed by atoms with van der Waals surface area (Å²) >= 11 is 0. The van der Waals surface area contributed by atoms with Gasteiger partial charge in [0.1, 0.15) is 22.8 Å². The number of unbranched alkanes of at least 4 members (excludes halogenated alkanes) is 3. The average Bonchev–Trinajstić information content (AvgIpc) is 2.39. The van der Waals surface area contributed by atoms with Crippen LogP contribution in [0.4, 0.5) is 0 Å². The normalized spacial score (nSPS) is 16.2. The third-order valence-electron chi connectivity index (χ3n) is 4.61. The first-order chi connectivity index (χ1) is 10.9. The van der Waals surface area contributed by atoms with Gasteiger partial charge in [0.25, 0.3) is 0 Å². The molecule has 13 heteroatoms. The zero-order valence-corrected chi connectivity index (χ0v) is 14.8. The van der Waals surface area contributed by atoms with Crippen molar-refractivity contribution in [2.24, 2.45) is 74.5 Å². The maximum absolute atomic E-state index is 6.06. The van der Waals surface area contributed by atoms with E-state index in [0.29, 0.717) is 19.3 Å². The number of hydrogen-bond donors (Lipinski definition) is 13. The third-order valence-corrected chi connectivity index (χ3v) is 4.61. The van der Waals surface area contributed by atoms with Gasteiger partial charge < -0.3 is 57.3 Å². The van der Waals surface area contributed by atoms with Crippen molar-refractivity contribution in [2.75, 3.05) is 0 Å². The maximum Gasteiger partial charge on any atom is 0.151 e. The highest BCUT2D eigenvalue weighted by Crippen LogP contribution is 2.23. The van der Waals surface area contributed by atoms with Crippen LogP contribution in [0.2, 0.25) is 0 Å². The molecule has 0 aromatic heterocycles. The van der Waals surface area contributed by atoms with Gasteiger partial charge in [-0.1, -0.05) is 19.3 Å². The molecule has 13 nitrogen and oxygen atoms in total. The number of nitrogens with two attached hydrogens (primary N) is 13. The lowest BCUT2D eigenvalue weighted by molar-refractivity contribution is 0.0435. The molecule has 0 bridgehead atoms. The van der Waals surface area contributed by atoms with Crippen molar-refractivity contribution >= 4 is 0 Å². The molecule has 0 aliphatic rings. The third kappa shape index (κ3) is 6.00. The molecular formula is C12H39N13. The minimum Gasteiger partial charge on any atom is -0.325 e. The molecule has 1 unspecified atom stereocenters. The van der Waals surface area contributed by atoms with Crippen LogP contribution >= 0.6 is 0 Å². The first kappa shape index (κ1) is 24.5. The molecule has 0 fully saturated rings. The van der Waals surface area contributed by atoms with E-state index in [1.807, 2.05) is 0 Å². The standard InChI is InChI=1S/C12H39N13/c13-7(5-3-1-2-4-6-8(14,15)16)9(17,18)10(19,20)11(21,22)12(23,24)25/h7H,1-6,13-25H2. The molecule has 0 saturated carbocycles. The summed E-state index contributed by atoms with van der Waals surface area (Å²) in [5.41, 5.74) is 68.7. The molecule has 0 aromatic rings. The van der Waals surface area contributed by atoms with Crippen molar-refractivity contribution < 1.29 is 0 Å². The van der Waals surface area contributed by atoms with E-state index in [0.717, 1.165) is 19.3 Å². The lowest BCUT2D eigenvalue weighted by Crippen LogP contribution is -3.00. The Hall–Kier alpha value is -0.520. The highest BCUT2D eigenvalue weighted by atomic mass is 15.4. The minimum absolute atomic E-state index is 0.408. The Bertz CT molecular complexity index is 406. The van der Waals surface area contributed by atoms with Gasteiger partial charge in [-0.05, 0) is 19.3 Å². The van der Waals surface area contributed by atoms with E-state index in [9.17, 15) is 0 Å². The molecule has 0 radical (unpaired) electrons. The van der Waals surface area contributed by atoms with Gasteiger partial charge in [0.15, 0.2) is 5.79 Å². The summed E-state index contributed by atoms with van der Waals surface area (Å²) in [6.07, 6.45) is 4.06. The molecule has 0 aliphatic carbocycles. The van der Waals surface area contributed by atoms with Gasteiger partial charge in [-0.15, -0.1) is 0 Å². The zero-order valence-electron chi connectivity index (χ0n) is 14.8. The van der Waals surface area contributed by atoms with E-state index in [1.54, 1.807) is 0 Å². The second kappa shape index (κ2) is 8.01. The Morgan fingerprint density at radius 1 is 0.560 bits per heavy atom. The van der Waals surface area contributed by atoms with Crippen LogP contribution in [0.5, 0.6) is 0 Å². The molecule has 0 heterocycles. The van der Waals surface area contributed by atoms with Crippen molar-refractivity contribution in [3.63, 3.8) is 0 Å². The molecule has 0 rings (SSSR count). The van der Waals surface area contributed by atoms with Gasteiger partial charge in [-0.25, -0.2) is 0 Å². The fourth-order valence-corrected chi connectivity index (χ4v) is 2.41. The predicted molar refractivity (Wildman–Crippen MR) is 99.6 cm³/mol. The minimum atomic E-state index is -2.20. The van der Waals surface area contributed by atoms with Crippen molar-refractivity contribution in [3.05, 3.63) is 0 Å². The quantitative estimate of drug-likeness (QED) is 0.120. The van der Waals surface area contributed by atoms with E-state index < -0.39 is 34.6 Å². The Balaban J connectivity index is 4.71. The summed E-state index contributed by atoms with van der Waals surface area (Å²) < 4.78 is 0. The molecule has 0 amide bonds. The fourth-order valence-electron chi connectivity index (χ4n) is 2.41. The van der Waals surface area contributed by atoms with E-state index in [4.69, 9.17) is 74.5 Å². The largest absolute Gasteiger partial charge is 0.325 e. The van der Waals surface area contributed by atoms with Gasteiger partial charge in [-0.2, -0.15) is 0 Å². The van der Waals surface area contributed by atoms with Crippen LogP contribution < -0.4 is 74.5 Å². The van der Waals surface area contributed by atoms with Gasteiger partial charge >= 0.3 is 0 Å². The Morgan fingerprint density at radius 2 is 1.00 bits per heavy atom. The van der Waals surface area contributed by atoms with Gasteiger partial charge in [0.2, 0.25) is 0 Å². The van der Waals surface area contributed by atoms with Crippen molar-refractivity contribution in [3.8, 4) is 0 Å². The van der Waals surface area contributed by atoms with Crippen molar-refractivity contribution in [1.29, 1.82) is 0 Å². The highest BCUT2D eigenvalue weighted by Gasteiger charge is 2.60. The fraction of sp³-hybridized carbons (Fsp3) is 1.00. The Morgan fingerprint density at radius 3 is 1.40 bits per heavy atom. The average molecular weight is 366 g/mol.